The number of aromatic nitrogens is 1. The quantitative estimate of drug-likeness (QED) is 0.797. The molecular weight excluding hydrogens is 268 g/mol. The van der Waals surface area contributed by atoms with Gasteiger partial charge in [0.25, 0.3) is 0 Å². The summed E-state index contributed by atoms with van der Waals surface area (Å²) in [5.41, 5.74) is 5.85. The van der Waals surface area contributed by atoms with Crippen LogP contribution in [0.1, 0.15) is 41.1 Å². The van der Waals surface area contributed by atoms with Crippen molar-refractivity contribution >= 4 is 0 Å². The number of hydrogen-bond acceptors (Lipinski definition) is 2. The van der Waals surface area contributed by atoms with Crippen LogP contribution in [-0.2, 0) is 12.8 Å². The lowest BCUT2D eigenvalue weighted by molar-refractivity contribution is 0.195. The van der Waals surface area contributed by atoms with Crippen molar-refractivity contribution in [1.29, 1.82) is 0 Å². The highest BCUT2D eigenvalue weighted by Crippen LogP contribution is 2.41. The summed E-state index contributed by atoms with van der Waals surface area (Å²) in [6, 6.07) is 13.4. The SMILES string of the molecule is CN1CCCC(C2c3ccccc3CCc3cccnc32)C1. The predicted molar refractivity (Wildman–Crippen MR) is 90.2 cm³/mol. The van der Waals surface area contributed by atoms with Crippen molar-refractivity contribution in [3.8, 4) is 0 Å². The van der Waals surface area contributed by atoms with Crippen LogP contribution in [0, 0.1) is 5.92 Å². The normalized spacial score (nSPS) is 25.1. The van der Waals surface area contributed by atoms with E-state index in [9.17, 15) is 0 Å². The van der Waals surface area contributed by atoms with E-state index in [-0.39, 0.29) is 0 Å². The zero-order valence-corrected chi connectivity index (χ0v) is 13.3. The topological polar surface area (TPSA) is 16.1 Å². The molecule has 0 amide bonds. The van der Waals surface area contributed by atoms with E-state index in [2.05, 4.69) is 48.3 Å². The van der Waals surface area contributed by atoms with Gasteiger partial charge in [0.15, 0.2) is 0 Å². The maximum atomic E-state index is 4.84. The van der Waals surface area contributed by atoms with Crippen molar-refractivity contribution in [2.75, 3.05) is 20.1 Å². The van der Waals surface area contributed by atoms with Crippen LogP contribution in [-0.4, -0.2) is 30.0 Å². The summed E-state index contributed by atoms with van der Waals surface area (Å²) in [5, 5.41) is 0. The molecule has 2 heterocycles. The minimum absolute atomic E-state index is 0.470. The van der Waals surface area contributed by atoms with E-state index < -0.39 is 0 Å². The van der Waals surface area contributed by atoms with E-state index in [1.807, 2.05) is 6.20 Å². The molecule has 2 heteroatoms. The van der Waals surface area contributed by atoms with Crippen LogP contribution in [0.3, 0.4) is 0 Å². The van der Waals surface area contributed by atoms with Crippen molar-refractivity contribution in [3.63, 3.8) is 0 Å². The molecule has 1 aliphatic carbocycles. The monoisotopic (exact) mass is 292 g/mol. The van der Waals surface area contributed by atoms with Gasteiger partial charge in [-0.3, -0.25) is 4.98 Å². The first-order valence-corrected chi connectivity index (χ1v) is 8.53. The number of likely N-dealkylation sites (tertiary alicyclic amines) is 1. The van der Waals surface area contributed by atoms with E-state index >= 15 is 0 Å². The molecule has 1 saturated heterocycles. The second kappa shape index (κ2) is 5.85. The van der Waals surface area contributed by atoms with Crippen LogP contribution in [0.25, 0.3) is 0 Å². The molecule has 2 aliphatic rings. The summed E-state index contributed by atoms with van der Waals surface area (Å²) in [6.45, 7) is 2.43. The molecule has 4 rings (SSSR count). The third-order valence-electron chi connectivity index (χ3n) is 5.41. The Morgan fingerprint density at radius 3 is 2.77 bits per heavy atom. The molecule has 22 heavy (non-hydrogen) atoms. The predicted octanol–water partition coefficient (Wildman–Crippen LogP) is 3.65. The van der Waals surface area contributed by atoms with Gasteiger partial charge in [-0.05, 0) is 68.0 Å². The van der Waals surface area contributed by atoms with Crippen molar-refractivity contribution in [3.05, 3.63) is 65.0 Å². The van der Waals surface area contributed by atoms with E-state index in [0.717, 1.165) is 12.8 Å². The molecule has 0 radical (unpaired) electrons. The summed E-state index contributed by atoms with van der Waals surface area (Å²) in [6.07, 6.45) is 6.88. The highest BCUT2D eigenvalue weighted by molar-refractivity contribution is 5.42. The van der Waals surface area contributed by atoms with Crippen LogP contribution < -0.4 is 0 Å². The summed E-state index contributed by atoms with van der Waals surface area (Å²) >= 11 is 0. The molecule has 0 bridgehead atoms. The fraction of sp³-hybridized carbons (Fsp3) is 0.450. The van der Waals surface area contributed by atoms with Crippen molar-refractivity contribution in [2.45, 2.75) is 31.6 Å². The minimum Gasteiger partial charge on any atom is -0.306 e. The van der Waals surface area contributed by atoms with Crippen LogP contribution >= 0.6 is 0 Å². The molecule has 2 nitrogen and oxygen atoms in total. The maximum Gasteiger partial charge on any atom is 0.0513 e. The van der Waals surface area contributed by atoms with E-state index in [0.29, 0.717) is 11.8 Å². The fourth-order valence-electron chi connectivity index (χ4n) is 4.38. The van der Waals surface area contributed by atoms with Crippen LogP contribution in [0.2, 0.25) is 0 Å². The highest BCUT2D eigenvalue weighted by atomic mass is 15.1. The fourth-order valence-corrected chi connectivity index (χ4v) is 4.38. The average Bonchev–Trinajstić information content (AvgIpc) is 2.71. The van der Waals surface area contributed by atoms with Gasteiger partial charge in [0.2, 0.25) is 0 Å². The first kappa shape index (κ1) is 14.0. The number of piperidine rings is 1. The Balaban J connectivity index is 1.83. The van der Waals surface area contributed by atoms with Crippen molar-refractivity contribution < 1.29 is 0 Å². The van der Waals surface area contributed by atoms with Crippen LogP contribution in [0.5, 0.6) is 0 Å². The van der Waals surface area contributed by atoms with E-state index in [1.165, 1.54) is 48.3 Å². The van der Waals surface area contributed by atoms with Crippen LogP contribution in [0.4, 0.5) is 0 Å². The Labute approximate surface area is 133 Å². The Bertz CT molecular complexity index is 617. The molecule has 1 fully saturated rings. The number of aryl methyl sites for hydroxylation is 2. The van der Waals surface area contributed by atoms with Gasteiger partial charge >= 0.3 is 0 Å². The van der Waals surface area contributed by atoms with Gasteiger partial charge in [0.1, 0.15) is 0 Å². The Morgan fingerprint density at radius 2 is 1.86 bits per heavy atom. The number of hydrogen-bond donors (Lipinski definition) is 0. The molecule has 0 N–H and O–H groups in total. The van der Waals surface area contributed by atoms with Crippen molar-refractivity contribution in [1.82, 2.24) is 9.88 Å². The molecule has 1 aromatic heterocycles. The Morgan fingerprint density at radius 1 is 1.05 bits per heavy atom. The first-order chi connectivity index (χ1) is 10.8. The molecule has 2 aromatic rings. The Hall–Kier alpha value is -1.67. The van der Waals surface area contributed by atoms with Gasteiger partial charge in [-0.2, -0.15) is 0 Å². The van der Waals surface area contributed by atoms with E-state index in [4.69, 9.17) is 4.98 Å². The Kier molecular flexibility index (Phi) is 3.71. The molecule has 0 spiro atoms. The number of nitrogens with zero attached hydrogens (tertiary/aromatic N) is 2. The van der Waals surface area contributed by atoms with Gasteiger partial charge in [0, 0.05) is 18.7 Å². The lowest BCUT2D eigenvalue weighted by atomic mass is 9.77. The molecule has 1 aliphatic heterocycles. The molecule has 2 atom stereocenters. The summed E-state index contributed by atoms with van der Waals surface area (Å²) in [7, 11) is 2.26. The zero-order valence-electron chi connectivity index (χ0n) is 13.3. The third kappa shape index (κ3) is 2.46. The second-order valence-electron chi connectivity index (χ2n) is 6.89. The molecule has 114 valence electrons. The van der Waals surface area contributed by atoms with Gasteiger partial charge < -0.3 is 4.90 Å². The van der Waals surface area contributed by atoms with E-state index in [1.54, 1.807) is 0 Å². The molecular formula is C20H24N2. The molecule has 0 saturated carbocycles. The zero-order chi connectivity index (χ0) is 14.9. The smallest absolute Gasteiger partial charge is 0.0513 e. The number of benzene rings is 1. The molecule has 1 aromatic carbocycles. The second-order valence-corrected chi connectivity index (χ2v) is 6.89. The maximum absolute atomic E-state index is 4.84. The number of fused-ring (bicyclic) bond motifs is 2. The third-order valence-corrected chi connectivity index (χ3v) is 5.41. The van der Waals surface area contributed by atoms with Gasteiger partial charge in [-0.15, -0.1) is 0 Å². The summed E-state index contributed by atoms with van der Waals surface area (Å²) in [5.74, 6) is 1.16. The first-order valence-electron chi connectivity index (χ1n) is 8.53. The lowest BCUT2D eigenvalue weighted by Gasteiger charge is -2.35. The largest absolute Gasteiger partial charge is 0.306 e. The summed E-state index contributed by atoms with van der Waals surface area (Å²) in [4.78, 5) is 7.33. The minimum atomic E-state index is 0.470. The highest BCUT2D eigenvalue weighted by Gasteiger charge is 2.33. The number of rotatable bonds is 1. The average molecular weight is 292 g/mol. The molecule has 2 unspecified atom stereocenters. The van der Waals surface area contributed by atoms with Crippen LogP contribution in [0.15, 0.2) is 42.6 Å². The standard InChI is InChI=1S/C20H24N2/c1-22-13-5-8-17(14-22)19-18-9-3-2-6-15(18)10-11-16-7-4-12-21-20(16)19/h2-4,6-7,9,12,17,19H,5,8,10-11,13-14H2,1H3. The van der Waals surface area contributed by atoms with Gasteiger partial charge in [-0.1, -0.05) is 30.3 Å². The van der Waals surface area contributed by atoms with Crippen molar-refractivity contribution in [2.24, 2.45) is 5.92 Å². The van der Waals surface area contributed by atoms with Gasteiger partial charge in [-0.25, -0.2) is 0 Å². The summed E-state index contributed by atoms with van der Waals surface area (Å²) < 4.78 is 0. The lowest BCUT2D eigenvalue weighted by Crippen LogP contribution is -2.35. The number of pyridine rings is 1. The van der Waals surface area contributed by atoms with Gasteiger partial charge in [0.05, 0.1) is 5.69 Å².